The van der Waals surface area contributed by atoms with Crippen molar-refractivity contribution in [3.05, 3.63) is 23.3 Å². The van der Waals surface area contributed by atoms with E-state index in [4.69, 9.17) is 14.6 Å². The maximum Gasteiger partial charge on any atom is 0.321 e. The second kappa shape index (κ2) is 4.86. The van der Waals surface area contributed by atoms with Crippen molar-refractivity contribution >= 4 is 5.97 Å². The first-order valence-electron chi connectivity index (χ1n) is 5.73. The molecule has 1 aromatic rings. The molecule has 0 saturated heterocycles. The van der Waals surface area contributed by atoms with Crippen LogP contribution < -0.4 is 9.47 Å². The summed E-state index contributed by atoms with van der Waals surface area (Å²) in [6.07, 6.45) is 0.488. The van der Waals surface area contributed by atoms with E-state index in [2.05, 4.69) is 0 Å². The summed E-state index contributed by atoms with van der Waals surface area (Å²) in [5, 5.41) is 9.16. The molecule has 5 nitrogen and oxygen atoms in total. The van der Waals surface area contributed by atoms with Gasteiger partial charge < -0.3 is 14.6 Å². The summed E-state index contributed by atoms with van der Waals surface area (Å²) in [6, 6.07) is 3.32. The molecule has 0 aliphatic carbocycles. The molecule has 0 fully saturated rings. The number of hydrogen-bond acceptors (Lipinski definition) is 4. The van der Waals surface area contributed by atoms with Gasteiger partial charge in [0.2, 0.25) is 0 Å². The largest absolute Gasteiger partial charge is 0.493 e. The number of likely N-dealkylation sites (N-methyl/N-ethyl adjacent to an activating group) is 1. The third kappa shape index (κ3) is 2.13. The predicted octanol–water partition coefficient (Wildman–Crippen LogP) is 1.14. The Morgan fingerprint density at radius 3 is 2.33 bits per heavy atom. The van der Waals surface area contributed by atoms with E-state index in [0.29, 0.717) is 24.5 Å². The van der Waals surface area contributed by atoms with Crippen molar-refractivity contribution in [3.63, 3.8) is 0 Å². The lowest BCUT2D eigenvalue weighted by molar-refractivity contribution is -0.143. The van der Waals surface area contributed by atoms with E-state index in [9.17, 15) is 4.79 Å². The summed E-state index contributed by atoms with van der Waals surface area (Å²) >= 11 is 0. The molecule has 5 heteroatoms. The number of carboxylic acids is 1. The van der Waals surface area contributed by atoms with E-state index in [1.165, 1.54) is 0 Å². The highest BCUT2D eigenvalue weighted by atomic mass is 16.5. The number of benzene rings is 1. The normalized spacial score (nSPS) is 19.2. The van der Waals surface area contributed by atoms with Crippen LogP contribution in [-0.4, -0.2) is 43.3 Å². The zero-order valence-corrected chi connectivity index (χ0v) is 10.8. The van der Waals surface area contributed by atoms with Gasteiger partial charge in [0.1, 0.15) is 6.04 Å². The number of hydrogen-bond donors (Lipinski definition) is 1. The minimum atomic E-state index is -0.794. The zero-order valence-electron chi connectivity index (χ0n) is 10.8. The number of carboxylic acid groups (broad SMARTS) is 1. The lowest BCUT2D eigenvalue weighted by atomic mass is 9.94. The number of methoxy groups -OCH3 is 2. The number of rotatable bonds is 3. The third-order valence-electron chi connectivity index (χ3n) is 3.36. The van der Waals surface area contributed by atoms with Crippen LogP contribution in [-0.2, 0) is 17.8 Å². The monoisotopic (exact) mass is 251 g/mol. The SMILES string of the molecule is COc1cc2c(cc1OC)CN(C)C(C(=O)O)C2. The maximum atomic E-state index is 11.2. The highest BCUT2D eigenvalue weighted by Gasteiger charge is 2.29. The van der Waals surface area contributed by atoms with Gasteiger partial charge in [0.05, 0.1) is 14.2 Å². The standard InChI is InChI=1S/C13H17NO4/c1-14-7-9-6-12(18-3)11(17-2)5-8(9)4-10(14)13(15)16/h5-6,10H,4,7H2,1-3H3,(H,15,16). The second-order valence-electron chi connectivity index (χ2n) is 4.45. The molecule has 1 aromatic carbocycles. The summed E-state index contributed by atoms with van der Waals surface area (Å²) in [5.74, 6) is 0.529. The van der Waals surface area contributed by atoms with Crippen LogP contribution in [0.1, 0.15) is 11.1 Å². The molecule has 1 atom stereocenters. The predicted molar refractivity (Wildman–Crippen MR) is 66.1 cm³/mol. The Bertz CT molecular complexity index is 472. The van der Waals surface area contributed by atoms with Crippen LogP contribution in [0.3, 0.4) is 0 Å². The number of ether oxygens (including phenoxy) is 2. The van der Waals surface area contributed by atoms with Crippen molar-refractivity contribution < 1.29 is 19.4 Å². The molecule has 0 saturated carbocycles. The van der Waals surface area contributed by atoms with E-state index < -0.39 is 12.0 Å². The van der Waals surface area contributed by atoms with Gasteiger partial charge in [-0.2, -0.15) is 0 Å². The van der Waals surface area contributed by atoms with Crippen molar-refractivity contribution in [1.29, 1.82) is 0 Å². The van der Waals surface area contributed by atoms with Crippen molar-refractivity contribution in [2.45, 2.75) is 19.0 Å². The Morgan fingerprint density at radius 1 is 1.28 bits per heavy atom. The van der Waals surface area contributed by atoms with Gasteiger partial charge in [0, 0.05) is 6.54 Å². The lowest BCUT2D eigenvalue weighted by Crippen LogP contribution is -2.43. The van der Waals surface area contributed by atoms with Gasteiger partial charge in [-0.15, -0.1) is 0 Å². The van der Waals surface area contributed by atoms with Crippen LogP contribution >= 0.6 is 0 Å². The zero-order chi connectivity index (χ0) is 13.3. The molecule has 18 heavy (non-hydrogen) atoms. The van der Waals surface area contributed by atoms with Gasteiger partial charge in [0.25, 0.3) is 0 Å². The number of fused-ring (bicyclic) bond motifs is 1. The quantitative estimate of drug-likeness (QED) is 0.873. The molecule has 1 unspecified atom stereocenters. The average molecular weight is 251 g/mol. The van der Waals surface area contributed by atoms with Crippen LogP contribution in [0.2, 0.25) is 0 Å². The van der Waals surface area contributed by atoms with Crippen molar-refractivity contribution in [1.82, 2.24) is 4.90 Å². The molecule has 1 aliphatic rings. The van der Waals surface area contributed by atoms with Crippen LogP contribution in [0, 0.1) is 0 Å². The van der Waals surface area contributed by atoms with Gasteiger partial charge in [0.15, 0.2) is 11.5 Å². The molecule has 1 N–H and O–H groups in total. The Hall–Kier alpha value is -1.75. The number of aliphatic carboxylic acids is 1. The van der Waals surface area contributed by atoms with Crippen LogP contribution in [0.4, 0.5) is 0 Å². The van der Waals surface area contributed by atoms with Gasteiger partial charge in [-0.25, -0.2) is 0 Å². The van der Waals surface area contributed by atoms with E-state index in [1.807, 2.05) is 24.1 Å². The van der Waals surface area contributed by atoms with Crippen molar-refractivity contribution in [3.8, 4) is 11.5 Å². The van der Waals surface area contributed by atoms with Crippen LogP contribution in [0.15, 0.2) is 12.1 Å². The Balaban J connectivity index is 2.40. The van der Waals surface area contributed by atoms with Crippen LogP contribution in [0.25, 0.3) is 0 Å². The minimum Gasteiger partial charge on any atom is -0.493 e. The second-order valence-corrected chi connectivity index (χ2v) is 4.45. The molecule has 0 amide bonds. The van der Waals surface area contributed by atoms with Crippen LogP contribution in [0.5, 0.6) is 11.5 Å². The highest BCUT2D eigenvalue weighted by molar-refractivity contribution is 5.74. The Morgan fingerprint density at radius 2 is 1.83 bits per heavy atom. The molecular formula is C13H17NO4. The van der Waals surface area contributed by atoms with Gasteiger partial charge in [-0.05, 0) is 36.7 Å². The molecule has 0 spiro atoms. The minimum absolute atomic E-state index is 0.476. The first-order valence-corrected chi connectivity index (χ1v) is 5.73. The first-order chi connectivity index (χ1) is 8.56. The number of carbonyl (C=O) groups is 1. The van der Waals surface area contributed by atoms with E-state index in [0.717, 1.165) is 11.1 Å². The smallest absolute Gasteiger partial charge is 0.321 e. The van der Waals surface area contributed by atoms with Crippen molar-refractivity contribution in [2.75, 3.05) is 21.3 Å². The first kappa shape index (κ1) is 12.7. The summed E-state index contributed by atoms with van der Waals surface area (Å²) in [5.41, 5.74) is 2.10. The topological polar surface area (TPSA) is 59.0 Å². The average Bonchev–Trinajstić information content (AvgIpc) is 2.36. The molecule has 2 rings (SSSR count). The fraction of sp³-hybridized carbons (Fsp3) is 0.462. The Kier molecular flexibility index (Phi) is 3.43. The molecule has 0 aromatic heterocycles. The van der Waals surface area contributed by atoms with Gasteiger partial charge in [-0.1, -0.05) is 0 Å². The molecule has 1 aliphatic heterocycles. The molecular weight excluding hydrogens is 234 g/mol. The van der Waals surface area contributed by atoms with Crippen molar-refractivity contribution in [2.24, 2.45) is 0 Å². The maximum absolute atomic E-state index is 11.2. The van der Waals surface area contributed by atoms with Gasteiger partial charge >= 0.3 is 5.97 Å². The summed E-state index contributed by atoms with van der Waals surface area (Å²) in [7, 11) is 4.99. The third-order valence-corrected chi connectivity index (χ3v) is 3.36. The highest BCUT2D eigenvalue weighted by Crippen LogP contribution is 2.34. The van der Waals surface area contributed by atoms with E-state index >= 15 is 0 Å². The van der Waals surface area contributed by atoms with E-state index in [-0.39, 0.29) is 0 Å². The molecule has 0 bridgehead atoms. The lowest BCUT2D eigenvalue weighted by Gasteiger charge is -2.31. The molecule has 1 heterocycles. The fourth-order valence-corrected chi connectivity index (χ4v) is 2.32. The molecule has 98 valence electrons. The summed E-state index contributed by atoms with van der Waals surface area (Å²) in [6.45, 7) is 0.604. The Labute approximate surface area is 106 Å². The summed E-state index contributed by atoms with van der Waals surface area (Å²) in [4.78, 5) is 13.0. The fourth-order valence-electron chi connectivity index (χ4n) is 2.32. The van der Waals surface area contributed by atoms with E-state index in [1.54, 1.807) is 14.2 Å². The molecule has 0 radical (unpaired) electrons. The summed E-state index contributed by atoms with van der Waals surface area (Å²) < 4.78 is 10.5. The van der Waals surface area contributed by atoms with Gasteiger partial charge in [-0.3, -0.25) is 9.69 Å². The number of nitrogens with zero attached hydrogens (tertiary/aromatic N) is 1.